The average Bonchev–Trinajstić information content (AvgIpc) is 2.80. The van der Waals surface area contributed by atoms with Crippen molar-refractivity contribution in [1.82, 2.24) is 9.97 Å². The summed E-state index contributed by atoms with van der Waals surface area (Å²) in [5.74, 6) is -0.571. The van der Waals surface area contributed by atoms with Crippen LogP contribution >= 0.6 is 0 Å². The van der Waals surface area contributed by atoms with E-state index in [2.05, 4.69) is 28.5 Å². The van der Waals surface area contributed by atoms with Gasteiger partial charge in [-0.05, 0) is 48.2 Å². The van der Waals surface area contributed by atoms with Crippen LogP contribution in [0.15, 0.2) is 83.8 Å². The molecule has 0 saturated heterocycles. The summed E-state index contributed by atoms with van der Waals surface area (Å²) >= 11 is 0. The van der Waals surface area contributed by atoms with Gasteiger partial charge in [0.15, 0.2) is 11.6 Å². The molecule has 0 aliphatic rings. The van der Waals surface area contributed by atoms with Crippen LogP contribution in [0.5, 0.6) is 11.6 Å². The molecular weight excluding hydrogens is 453 g/mol. The van der Waals surface area contributed by atoms with Crippen molar-refractivity contribution >= 4 is 16.0 Å². The molecule has 4 aromatic rings. The summed E-state index contributed by atoms with van der Waals surface area (Å²) in [5, 5.41) is 0. The molecule has 3 aromatic carbocycles. The van der Waals surface area contributed by atoms with Crippen molar-refractivity contribution in [1.29, 1.82) is 0 Å². The van der Waals surface area contributed by atoms with E-state index in [-0.39, 0.29) is 28.4 Å². The van der Waals surface area contributed by atoms with Crippen molar-refractivity contribution in [3.8, 4) is 22.9 Å². The van der Waals surface area contributed by atoms with Crippen molar-refractivity contribution < 1.29 is 17.5 Å². The average molecular weight is 478 g/mol. The predicted octanol–water partition coefficient (Wildman–Crippen LogP) is 6.31. The predicted molar refractivity (Wildman–Crippen MR) is 130 cm³/mol. The lowest BCUT2D eigenvalue weighted by molar-refractivity contribution is 0.427. The zero-order valence-electron chi connectivity index (χ0n) is 19.0. The monoisotopic (exact) mass is 477 g/mol. The van der Waals surface area contributed by atoms with E-state index in [4.69, 9.17) is 4.74 Å². The van der Waals surface area contributed by atoms with E-state index in [0.29, 0.717) is 5.69 Å². The van der Waals surface area contributed by atoms with Gasteiger partial charge in [-0.25, -0.2) is 22.5 Å². The third-order valence-corrected chi connectivity index (χ3v) is 6.46. The minimum atomic E-state index is -3.96. The molecule has 0 radical (unpaired) electrons. The highest BCUT2D eigenvalue weighted by Gasteiger charge is 2.19. The summed E-state index contributed by atoms with van der Waals surface area (Å²) in [7, 11) is -3.96. The molecule has 0 fully saturated rings. The molecule has 1 heterocycles. The number of nitrogens with zero attached hydrogens (tertiary/aromatic N) is 2. The minimum Gasteiger partial charge on any atom is -0.436 e. The number of aromatic nitrogens is 2. The van der Waals surface area contributed by atoms with E-state index in [9.17, 15) is 12.8 Å². The first-order chi connectivity index (χ1) is 16.2. The lowest BCUT2D eigenvalue weighted by Crippen LogP contribution is -2.15. The Labute approximate surface area is 198 Å². The van der Waals surface area contributed by atoms with Crippen molar-refractivity contribution in [2.24, 2.45) is 0 Å². The summed E-state index contributed by atoms with van der Waals surface area (Å²) in [4.78, 5) is 8.77. The number of benzene rings is 3. The second kappa shape index (κ2) is 9.61. The SMILES string of the molecule is Cc1cccc(S(=O)(=O)Nc2nc(Oc3ccccc3F)cc(-c3ccccc3C(C)C)n2)c1. The Morgan fingerprint density at radius 3 is 2.38 bits per heavy atom. The highest BCUT2D eigenvalue weighted by Crippen LogP contribution is 2.32. The van der Waals surface area contributed by atoms with E-state index in [0.717, 1.165) is 16.7 Å². The summed E-state index contributed by atoms with van der Waals surface area (Å²) in [6, 6.07) is 21.7. The molecule has 0 atom stereocenters. The molecule has 0 amide bonds. The molecule has 0 aliphatic carbocycles. The zero-order chi connectivity index (χ0) is 24.3. The number of hydrogen-bond donors (Lipinski definition) is 1. The standard InChI is InChI=1S/C26H24FN3O3S/c1-17(2)20-11-4-5-12-21(20)23-16-25(33-24-14-7-6-13-22(24)27)29-26(28-23)30-34(31,32)19-10-8-9-18(3)15-19/h4-17H,1-3H3,(H,28,29,30). The van der Waals surface area contributed by atoms with Gasteiger partial charge < -0.3 is 4.74 Å². The molecule has 1 N–H and O–H groups in total. The molecule has 0 spiro atoms. The van der Waals surface area contributed by atoms with Crippen LogP contribution in [0.25, 0.3) is 11.3 Å². The van der Waals surface area contributed by atoms with Crippen LogP contribution in [0.1, 0.15) is 30.9 Å². The first kappa shape index (κ1) is 23.4. The quantitative estimate of drug-likeness (QED) is 0.337. The number of ether oxygens (including phenoxy) is 1. The zero-order valence-corrected chi connectivity index (χ0v) is 19.8. The maximum atomic E-state index is 14.2. The second-order valence-corrected chi connectivity index (χ2v) is 9.79. The largest absolute Gasteiger partial charge is 0.436 e. The molecule has 8 heteroatoms. The third-order valence-electron chi connectivity index (χ3n) is 5.14. The summed E-state index contributed by atoms with van der Waals surface area (Å²) < 4.78 is 48.4. The number of aryl methyl sites for hydroxylation is 1. The van der Waals surface area contributed by atoms with Crippen molar-refractivity contribution in [2.45, 2.75) is 31.6 Å². The fraction of sp³-hybridized carbons (Fsp3) is 0.154. The van der Waals surface area contributed by atoms with Gasteiger partial charge in [-0.2, -0.15) is 4.98 Å². The number of anilines is 1. The highest BCUT2D eigenvalue weighted by atomic mass is 32.2. The lowest BCUT2D eigenvalue weighted by Gasteiger charge is -2.15. The molecule has 174 valence electrons. The number of nitrogens with one attached hydrogen (secondary N) is 1. The second-order valence-electron chi connectivity index (χ2n) is 8.11. The van der Waals surface area contributed by atoms with Crippen LogP contribution in [0.2, 0.25) is 0 Å². The number of rotatable bonds is 7. The van der Waals surface area contributed by atoms with Gasteiger partial charge in [-0.15, -0.1) is 0 Å². The van der Waals surface area contributed by atoms with Gasteiger partial charge in [0, 0.05) is 11.6 Å². The maximum Gasteiger partial charge on any atom is 0.264 e. The fourth-order valence-electron chi connectivity index (χ4n) is 3.50. The number of hydrogen-bond acceptors (Lipinski definition) is 5. The molecular formula is C26H24FN3O3S. The topological polar surface area (TPSA) is 81.2 Å². The molecule has 0 saturated carbocycles. The van der Waals surface area contributed by atoms with Crippen molar-refractivity contribution in [2.75, 3.05) is 4.72 Å². The van der Waals surface area contributed by atoms with Crippen LogP contribution in [-0.4, -0.2) is 18.4 Å². The van der Waals surface area contributed by atoms with Crippen molar-refractivity contribution in [3.63, 3.8) is 0 Å². The smallest absolute Gasteiger partial charge is 0.264 e. The number of para-hydroxylation sites is 1. The number of halogens is 1. The van der Waals surface area contributed by atoms with Gasteiger partial charge in [0.25, 0.3) is 10.0 Å². The lowest BCUT2D eigenvalue weighted by atomic mass is 9.95. The Kier molecular flexibility index (Phi) is 6.61. The first-order valence-corrected chi connectivity index (χ1v) is 12.2. The normalized spacial score (nSPS) is 11.4. The Hall–Kier alpha value is -3.78. The third kappa shape index (κ3) is 5.23. The highest BCUT2D eigenvalue weighted by molar-refractivity contribution is 7.92. The van der Waals surface area contributed by atoms with Crippen LogP contribution < -0.4 is 9.46 Å². The molecule has 4 rings (SSSR count). The summed E-state index contributed by atoms with van der Waals surface area (Å²) in [6.07, 6.45) is 0. The van der Waals surface area contributed by atoms with Gasteiger partial charge in [-0.3, -0.25) is 0 Å². The molecule has 0 unspecified atom stereocenters. The molecule has 34 heavy (non-hydrogen) atoms. The van der Waals surface area contributed by atoms with E-state index < -0.39 is 15.8 Å². The molecule has 0 bridgehead atoms. The fourth-order valence-corrected chi connectivity index (χ4v) is 4.54. The number of sulfonamides is 1. The Morgan fingerprint density at radius 2 is 1.65 bits per heavy atom. The molecule has 6 nitrogen and oxygen atoms in total. The van der Waals surface area contributed by atoms with E-state index >= 15 is 0 Å². The van der Waals surface area contributed by atoms with Gasteiger partial charge in [-0.1, -0.05) is 62.4 Å². The van der Waals surface area contributed by atoms with Crippen LogP contribution in [0.4, 0.5) is 10.3 Å². The van der Waals surface area contributed by atoms with Gasteiger partial charge in [0.1, 0.15) is 0 Å². The Bertz CT molecular complexity index is 1440. The van der Waals surface area contributed by atoms with Gasteiger partial charge >= 0.3 is 0 Å². The Balaban J connectivity index is 1.81. The van der Waals surface area contributed by atoms with Crippen LogP contribution in [0, 0.1) is 12.7 Å². The first-order valence-electron chi connectivity index (χ1n) is 10.7. The van der Waals surface area contributed by atoms with Gasteiger partial charge in [0.05, 0.1) is 10.6 Å². The summed E-state index contributed by atoms with van der Waals surface area (Å²) in [5.41, 5.74) is 3.07. The van der Waals surface area contributed by atoms with Gasteiger partial charge in [0.2, 0.25) is 11.8 Å². The van der Waals surface area contributed by atoms with E-state index in [1.165, 1.54) is 18.2 Å². The van der Waals surface area contributed by atoms with E-state index in [1.54, 1.807) is 43.3 Å². The summed E-state index contributed by atoms with van der Waals surface area (Å²) in [6.45, 7) is 5.91. The van der Waals surface area contributed by atoms with Crippen LogP contribution in [-0.2, 0) is 10.0 Å². The maximum absolute atomic E-state index is 14.2. The van der Waals surface area contributed by atoms with E-state index in [1.807, 2.05) is 24.3 Å². The Morgan fingerprint density at radius 1 is 0.912 bits per heavy atom. The molecule has 1 aromatic heterocycles. The van der Waals surface area contributed by atoms with Crippen molar-refractivity contribution in [3.05, 3.63) is 95.8 Å². The molecule has 0 aliphatic heterocycles. The van der Waals surface area contributed by atoms with Crippen LogP contribution in [0.3, 0.4) is 0 Å². The minimum absolute atomic E-state index is 0.00982.